The van der Waals surface area contributed by atoms with Crippen LogP contribution in [0.4, 0.5) is 4.39 Å². The highest BCUT2D eigenvalue weighted by Crippen LogP contribution is 2.41. The van der Waals surface area contributed by atoms with Crippen LogP contribution in [0.25, 0.3) is 44.0 Å². The van der Waals surface area contributed by atoms with Crippen molar-refractivity contribution < 1.29 is 13.4 Å². The first-order valence-electron chi connectivity index (χ1n) is 10.4. The van der Waals surface area contributed by atoms with E-state index in [4.69, 9.17) is 4.42 Å². The van der Waals surface area contributed by atoms with E-state index in [1.807, 2.05) is 24.3 Å². The van der Waals surface area contributed by atoms with Gasteiger partial charge in [-0.25, -0.2) is 8.96 Å². The van der Waals surface area contributed by atoms with Gasteiger partial charge in [-0.05, 0) is 36.3 Å². The Hall–Kier alpha value is -3.20. The van der Waals surface area contributed by atoms with Crippen molar-refractivity contribution in [2.45, 2.75) is 33.6 Å². The zero-order chi connectivity index (χ0) is 21.2. The van der Waals surface area contributed by atoms with Gasteiger partial charge >= 0.3 is 0 Å². The second kappa shape index (κ2) is 6.66. The number of hydrogen-bond acceptors (Lipinski definition) is 1. The lowest BCUT2D eigenvalue weighted by molar-refractivity contribution is -0.660. The fourth-order valence-corrected chi connectivity index (χ4v) is 4.70. The van der Waals surface area contributed by atoms with E-state index in [0.717, 1.165) is 38.6 Å². The van der Waals surface area contributed by atoms with Crippen molar-refractivity contribution in [1.29, 1.82) is 0 Å². The smallest absolute Gasteiger partial charge is 0.216 e. The number of aromatic nitrogens is 1. The predicted octanol–water partition coefficient (Wildman–Crippen LogP) is 7.11. The van der Waals surface area contributed by atoms with E-state index in [-0.39, 0.29) is 5.82 Å². The summed E-state index contributed by atoms with van der Waals surface area (Å²) in [5.41, 5.74) is 7.31. The van der Waals surface area contributed by atoms with Gasteiger partial charge in [0.15, 0.2) is 6.20 Å². The van der Waals surface area contributed by atoms with E-state index in [1.165, 1.54) is 17.2 Å². The molecular formula is C27H25FNO+. The van der Waals surface area contributed by atoms with Crippen LogP contribution < -0.4 is 4.57 Å². The molecule has 5 aromatic rings. The molecule has 3 heteroatoms. The number of fused-ring (bicyclic) bond motifs is 5. The molecule has 0 saturated carbocycles. The lowest BCUT2D eigenvalue weighted by Crippen LogP contribution is -2.32. The summed E-state index contributed by atoms with van der Waals surface area (Å²) in [7, 11) is 2.08. The second-order valence-corrected chi connectivity index (χ2v) is 8.58. The number of furan rings is 1. The maximum Gasteiger partial charge on any atom is 0.216 e. The molecule has 0 N–H and O–H groups in total. The minimum Gasteiger partial charge on any atom is -0.455 e. The molecule has 30 heavy (non-hydrogen) atoms. The summed E-state index contributed by atoms with van der Waals surface area (Å²) in [6, 6.07) is 15.6. The van der Waals surface area contributed by atoms with E-state index in [1.54, 1.807) is 0 Å². The Morgan fingerprint density at radius 3 is 2.37 bits per heavy atom. The van der Waals surface area contributed by atoms with Gasteiger partial charge in [-0.3, -0.25) is 0 Å². The minimum atomic E-state index is -0.252. The molecule has 0 aliphatic rings. The SMILES string of the molecule is Cc1cc(-c2c(C)ccc3c2oc2cc(F)c4ccccc4c23)[n+](C)cc1C(C)C. The molecule has 0 amide bonds. The lowest BCUT2D eigenvalue weighted by Gasteiger charge is -2.11. The Morgan fingerprint density at radius 2 is 1.63 bits per heavy atom. The summed E-state index contributed by atoms with van der Waals surface area (Å²) in [4.78, 5) is 0. The molecule has 0 radical (unpaired) electrons. The van der Waals surface area contributed by atoms with Crippen molar-refractivity contribution in [3.8, 4) is 11.3 Å². The minimum absolute atomic E-state index is 0.252. The average Bonchev–Trinajstić information content (AvgIpc) is 3.08. The Bertz CT molecular complexity index is 1460. The normalized spacial score (nSPS) is 12.0. The molecule has 150 valence electrons. The lowest BCUT2D eigenvalue weighted by atomic mass is 9.95. The molecule has 2 heterocycles. The highest BCUT2D eigenvalue weighted by atomic mass is 19.1. The van der Waals surface area contributed by atoms with Crippen LogP contribution in [0.15, 0.2) is 59.1 Å². The number of halogens is 1. The topological polar surface area (TPSA) is 17.0 Å². The molecule has 0 spiro atoms. The average molecular weight is 399 g/mol. The maximum absolute atomic E-state index is 14.7. The molecule has 2 aromatic heterocycles. The van der Waals surface area contributed by atoms with Gasteiger partial charge in [0.1, 0.15) is 24.0 Å². The Kier molecular flexibility index (Phi) is 4.18. The number of benzene rings is 3. The molecule has 0 unspecified atom stereocenters. The van der Waals surface area contributed by atoms with Crippen molar-refractivity contribution in [2.24, 2.45) is 7.05 Å². The first-order valence-corrected chi connectivity index (χ1v) is 10.4. The zero-order valence-electron chi connectivity index (χ0n) is 18.0. The van der Waals surface area contributed by atoms with E-state index >= 15 is 0 Å². The van der Waals surface area contributed by atoms with Gasteiger partial charge in [0, 0.05) is 33.9 Å². The largest absolute Gasteiger partial charge is 0.455 e. The van der Waals surface area contributed by atoms with Gasteiger partial charge in [-0.2, -0.15) is 0 Å². The Balaban J connectivity index is 1.91. The number of hydrogen-bond donors (Lipinski definition) is 0. The molecule has 0 bridgehead atoms. The molecule has 0 atom stereocenters. The second-order valence-electron chi connectivity index (χ2n) is 8.58. The van der Waals surface area contributed by atoms with Crippen molar-refractivity contribution >= 4 is 32.7 Å². The molecular weight excluding hydrogens is 373 g/mol. The molecule has 2 nitrogen and oxygen atoms in total. The summed E-state index contributed by atoms with van der Waals surface area (Å²) in [6.07, 6.45) is 2.21. The van der Waals surface area contributed by atoms with Gasteiger partial charge in [-0.15, -0.1) is 0 Å². The third-order valence-electron chi connectivity index (χ3n) is 6.20. The van der Waals surface area contributed by atoms with Crippen LogP contribution >= 0.6 is 0 Å². The first-order chi connectivity index (χ1) is 14.4. The monoisotopic (exact) mass is 398 g/mol. The summed E-state index contributed by atoms with van der Waals surface area (Å²) in [5.74, 6) is 0.209. The van der Waals surface area contributed by atoms with Crippen molar-refractivity contribution in [2.75, 3.05) is 0 Å². The van der Waals surface area contributed by atoms with E-state index in [0.29, 0.717) is 16.9 Å². The molecule has 0 aliphatic carbocycles. The van der Waals surface area contributed by atoms with Crippen LogP contribution in [-0.2, 0) is 7.05 Å². The quantitative estimate of drug-likeness (QED) is 0.290. The fraction of sp³-hybridized carbons (Fsp3) is 0.222. The van der Waals surface area contributed by atoms with Gasteiger partial charge in [0.05, 0.1) is 5.56 Å². The summed E-state index contributed by atoms with van der Waals surface area (Å²) >= 11 is 0. The standard InChI is InChI=1S/C27H25FNO/c1-15(2)21-14-29(5)23(12-17(21)4)25-16(3)10-11-20-26-19-9-7-6-8-18(19)22(28)13-24(26)30-27(20)25/h6-15H,1-5H3/q+1. The van der Waals surface area contributed by atoms with E-state index in [2.05, 4.69) is 63.7 Å². The molecule has 3 aromatic carbocycles. The molecule has 5 rings (SSSR count). The third-order valence-corrected chi connectivity index (χ3v) is 6.20. The predicted molar refractivity (Wildman–Crippen MR) is 121 cm³/mol. The number of nitrogens with zero attached hydrogens (tertiary/aromatic N) is 1. The number of aryl methyl sites for hydroxylation is 3. The van der Waals surface area contributed by atoms with Crippen molar-refractivity contribution in [3.63, 3.8) is 0 Å². The zero-order valence-corrected chi connectivity index (χ0v) is 18.0. The molecule has 0 saturated heterocycles. The fourth-order valence-electron chi connectivity index (χ4n) is 4.70. The number of pyridine rings is 1. The first kappa shape index (κ1) is 18.8. The van der Waals surface area contributed by atoms with Gasteiger partial charge < -0.3 is 4.42 Å². The highest BCUT2D eigenvalue weighted by Gasteiger charge is 2.23. The summed E-state index contributed by atoms with van der Waals surface area (Å²) in [6.45, 7) is 8.70. The van der Waals surface area contributed by atoms with Gasteiger partial charge in [0.25, 0.3) is 0 Å². The van der Waals surface area contributed by atoms with E-state index < -0.39 is 0 Å². The Labute approximate surface area is 175 Å². The van der Waals surface area contributed by atoms with Crippen molar-refractivity contribution in [1.82, 2.24) is 0 Å². The van der Waals surface area contributed by atoms with Crippen LogP contribution in [0.3, 0.4) is 0 Å². The highest BCUT2D eigenvalue weighted by molar-refractivity contribution is 6.20. The van der Waals surface area contributed by atoms with Crippen LogP contribution in [0.5, 0.6) is 0 Å². The van der Waals surface area contributed by atoms with Crippen LogP contribution in [0, 0.1) is 19.7 Å². The maximum atomic E-state index is 14.7. The van der Waals surface area contributed by atoms with Crippen molar-refractivity contribution in [3.05, 3.63) is 77.2 Å². The molecule has 0 fully saturated rings. The van der Waals surface area contributed by atoms with Gasteiger partial charge in [-0.1, -0.05) is 50.2 Å². The van der Waals surface area contributed by atoms with Crippen LogP contribution in [0.1, 0.15) is 36.5 Å². The molecule has 0 aliphatic heterocycles. The number of rotatable bonds is 2. The van der Waals surface area contributed by atoms with Crippen LogP contribution in [-0.4, -0.2) is 0 Å². The third kappa shape index (κ3) is 2.65. The van der Waals surface area contributed by atoms with Crippen LogP contribution in [0.2, 0.25) is 0 Å². The van der Waals surface area contributed by atoms with Gasteiger partial charge in [0.2, 0.25) is 5.69 Å². The van der Waals surface area contributed by atoms with E-state index in [9.17, 15) is 4.39 Å². The Morgan fingerprint density at radius 1 is 0.900 bits per heavy atom. The summed E-state index contributed by atoms with van der Waals surface area (Å²) < 4.78 is 23.2. The summed E-state index contributed by atoms with van der Waals surface area (Å²) in [5, 5.41) is 3.50.